The van der Waals surface area contributed by atoms with Crippen LogP contribution in [-0.2, 0) is 4.79 Å². The standard InChI is InChI=1S/C19H28O4/c1-18-6-5-11(20)7-10(18)8-13(21)16-12-3-4-15(23)19(12,2)9-14(22)17(16)18/h8,11-14,16-17,20-22H,3-7,9H2,1-2H3/t11-,12?,13-,14+,16?,17?,18-,19?/m0/s1. The fourth-order valence-electron chi connectivity index (χ4n) is 6.52. The average molecular weight is 320 g/mol. The molecule has 4 heteroatoms. The van der Waals surface area contributed by atoms with Crippen LogP contribution in [0.2, 0.25) is 0 Å². The second kappa shape index (κ2) is 4.90. The summed E-state index contributed by atoms with van der Waals surface area (Å²) in [5.41, 5.74) is 0.476. The number of carbonyl (C=O) groups excluding carboxylic acids is 1. The van der Waals surface area contributed by atoms with Crippen molar-refractivity contribution in [3.8, 4) is 0 Å². The largest absolute Gasteiger partial charge is 0.393 e. The maximum atomic E-state index is 12.4. The molecule has 4 nitrogen and oxygen atoms in total. The topological polar surface area (TPSA) is 77.8 Å². The van der Waals surface area contributed by atoms with Gasteiger partial charge in [-0.25, -0.2) is 0 Å². The first-order chi connectivity index (χ1) is 10.8. The predicted octanol–water partition coefficient (Wildman–Crippen LogP) is 1.82. The van der Waals surface area contributed by atoms with Gasteiger partial charge < -0.3 is 15.3 Å². The molecule has 4 rings (SSSR count). The Morgan fingerprint density at radius 3 is 2.61 bits per heavy atom. The number of rotatable bonds is 0. The van der Waals surface area contributed by atoms with Crippen LogP contribution in [0.5, 0.6) is 0 Å². The van der Waals surface area contributed by atoms with Crippen LogP contribution in [0, 0.1) is 28.6 Å². The Labute approximate surface area is 137 Å². The van der Waals surface area contributed by atoms with Crippen molar-refractivity contribution in [1.82, 2.24) is 0 Å². The fourth-order valence-corrected chi connectivity index (χ4v) is 6.52. The van der Waals surface area contributed by atoms with Crippen LogP contribution in [0.4, 0.5) is 0 Å². The molecule has 3 N–H and O–H groups in total. The third-order valence-electron chi connectivity index (χ3n) is 7.75. The molecule has 128 valence electrons. The van der Waals surface area contributed by atoms with Crippen LogP contribution >= 0.6 is 0 Å². The SMILES string of the molecule is CC12C[C@@H](O)C3C(C1CCC2=O)[C@@H](O)C=C1C[C@@H](O)CC[C@@]13C. The van der Waals surface area contributed by atoms with E-state index in [1.807, 2.05) is 13.0 Å². The summed E-state index contributed by atoms with van der Waals surface area (Å²) in [6.07, 6.45) is 4.57. The molecule has 4 aliphatic carbocycles. The number of carbonyl (C=O) groups is 1. The molecule has 0 amide bonds. The summed E-state index contributed by atoms with van der Waals surface area (Å²) in [5, 5.41) is 31.8. The Bertz CT molecular complexity index is 570. The quantitative estimate of drug-likeness (QED) is 0.595. The van der Waals surface area contributed by atoms with Crippen molar-refractivity contribution < 1.29 is 20.1 Å². The van der Waals surface area contributed by atoms with Crippen LogP contribution in [0.3, 0.4) is 0 Å². The van der Waals surface area contributed by atoms with E-state index in [4.69, 9.17) is 0 Å². The molecule has 0 aliphatic heterocycles. The third kappa shape index (κ3) is 1.98. The first kappa shape index (κ1) is 15.8. The van der Waals surface area contributed by atoms with E-state index in [2.05, 4.69) is 6.92 Å². The maximum absolute atomic E-state index is 12.4. The molecule has 0 aromatic carbocycles. The highest BCUT2D eigenvalue weighted by molar-refractivity contribution is 5.87. The van der Waals surface area contributed by atoms with Crippen molar-refractivity contribution in [2.24, 2.45) is 28.6 Å². The van der Waals surface area contributed by atoms with Gasteiger partial charge in [-0.1, -0.05) is 25.5 Å². The average Bonchev–Trinajstić information content (AvgIpc) is 2.76. The zero-order chi connectivity index (χ0) is 16.6. The zero-order valence-corrected chi connectivity index (χ0v) is 14.0. The molecule has 4 unspecified atom stereocenters. The van der Waals surface area contributed by atoms with E-state index in [-0.39, 0.29) is 35.1 Å². The smallest absolute Gasteiger partial charge is 0.139 e. The number of Topliss-reactive ketones (excluding diaryl/α,β-unsaturated/α-hetero) is 1. The zero-order valence-electron chi connectivity index (χ0n) is 14.0. The second-order valence-corrected chi connectivity index (χ2v) is 8.86. The number of hydrogen-bond donors (Lipinski definition) is 3. The summed E-state index contributed by atoms with van der Waals surface area (Å²) in [5.74, 6) is 0.374. The fraction of sp³-hybridized carbons (Fsp3) is 0.842. The van der Waals surface area contributed by atoms with Crippen molar-refractivity contribution in [3.63, 3.8) is 0 Å². The molecule has 3 saturated carbocycles. The molecule has 23 heavy (non-hydrogen) atoms. The van der Waals surface area contributed by atoms with Gasteiger partial charge >= 0.3 is 0 Å². The van der Waals surface area contributed by atoms with Gasteiger partial charge in [0.25, 0.3) is 0 Å². The molecular formula is C19H28O4. The molecule has 0 aromatic heterocycles. The van der Waals surface area contributed by atoms with Crippen molar-refractivity contribution in [1.29, 1.82) is 0 Å². The minimum Gasteiger partial charge on any atom is -0.393 e. The summed E-state index contributed by atoms with van der Waals surface area (Å²) in [6.45, 7) is 4.18. The lowest BCUT2D eigenvalue weighted by atomic mass is 9.46. The van der Waals surface area contributed by atoms with E-state index in [9.17, 15) is 20.1 Å². The highest BCUT2D eigenvalue weighted by atomic mass is 16.3. The molecule has 8 atom stereocenters. The van der Waals surface area contributed by atoms with Crippen molar-refractivity contribution >= 4 is 5.78 Å². The molecule has 0 saturated heterocycles. The molecule has 0 bridgehead atoms. The lowest BCUT2D eigenvalue weighted by molar-refractivity contribution is -0.157. The predicted molar refractivity (Wildman–Crippen MR) is 85.5 cm³/mol. The van der Waals surface area contributed by atoms with Gasteiger partial charge in [0.1, 0.15) is 5.78 Å². The summed E-state index contributed by atoms with van der Waals surface area (Å²) in [6, 6.07) is 0. The first-order valence-electron chi connectivity index (χ1n) is 9.06. The first-order valence-corrected chi connectivity index (χ1v) is 9.06. The molecule has 0 aromatic rings. The van der Waals surface area contributed by atoms with Crippen molar-refractivity contribution in [2.45, 2.75) is 70.7 Å². The third-order valence-corrected chi connectivity index (χ3v) is 7.75. The van der Waals surface area contributed by atoms with Crippen LogP contribution in [0.15, 0.2) is 11.6 Å². The van der Waals surface area contributed by atoms with E-state index in [0.29, 0.717) is 19.3 Å². The number of hydrogen-bond acceptors (Lipinski definition) is 4. The van der Waals surface area contributed by atoms with Crippen LogP contribution in [-0.4, -0.2) is 39.4 Å². The van der Waals surface area contributed by atoms with Gasteiger partial charge in [-0.2, -0.15) is 0 Å². The van der Waals surface area contributed by atoms with Crippen molar-refractivity contribution in [2.75, 3.05) is 0 Å². The Morgan fingerprint density at radius 1 is 1.13 bits per heavy atom. The van der Waals surface area contributed by atoms with E-state index < -0.39 is 17.6 Å². The van der Waals surface area contributed by atoms with E-state index >= 15 is 0 Å². The van der Waals surface area contributed by atoms with Gasteiger partial charge in [0.15, 0.2) is 0 Å². The molecular weight excluding hydrogens is 292 g/mol. The Hall–Kier alpha value is -0.710. The summed E-state index contributed by atoms with van der Waals surface area (Å²) in [7, 11) is 0. The van der Waals surface area contributed by atoms with Gasteiger partial charge in [0.05, 0.1) is 18.3 Å². The van der Waals surface area contributed by atoms with Crippen LogP contribution in [0.25, 0.3) is 0 Å². The van der Waals surface area contributed by atoms with E-state index in [0.717, 1.165) is 24.8 Å². The van der Waals surface area contributed by atoms with Gasteiger partial charge in [-0.15, -0.1) is 0 Å². The van der Waals surface area contributed by atoms with E-state index in [1.165, 1.54) is 0 Å². The number of aliphatic hydroxyl groups is 3. The van der Waals surface area contributed by atoms with Crippen LogP contribution in [0.1, 0.15) is 52.4 Å². The Balaban J connectivity index is 1.79. The van der Waals surface area contributed by atoms with E-state index in [1.54, 1.807) is 0 Å². The summed E-state index contributed by atoms with van der Waals surface area (Å²) >= 11 is 0. The molecule has 0 heterocycles. The maximum Gasteiger partial charge on any atom is 0.139 e. The molecule has 4 aliphatic rings. The number of ketones is 1. The minimum absolute atomic E-state index is 0.00558. The normalized spacial score (nSPS) is 55.7. The highest BCUT2D eigenvalue weighted by Gasteiger charge is 2.63. The highest BCUT2D eigenvalue weighted by Crippen LogP contribution is 2.63. The van der Waals surface area contributed by atoms with Crippen LogP contribution < -0.4 is 0 Å². The Morgan fingerprint density at radius 2 is 1.87 bits per heavy atom. The lowest BCUT2D eigenvalue weighted by Crippen LogP contribution is -2.59. The Kier molecular flexibility index (Phi) is 3.37. The summed E-state index contributed by atoms with van der Waals surface area (Å²) < 4.78 is 0. The molecule has 3 fully saturated rings. The van der Waals surface area contributed by atoms with Gasteiger partial charge in [0, 0.05) is 11.8 Å². The van der Waals surface area contributed by atoms with Crippen molar-refractivity contribution in [3.05, 3.63) is 11.6 Å². The monoisotopic (exact) mass is 320 g/mol. The second-order valence-electron chi connectivity index (χ2n) is 8.86. The lowest BCUT2D eigenvalue weighted by Gasteiger charge is -2.59. The summed E-state index contributed by atoms with van der Waals surface area (Å²) in [4.78, 5) is 12.4. The van der Waals surface area contributed by atoms with Gasteiger partial charge in [-0.3, -0.25) is 4.79 Å². The number of fused-ring (bicyclic) bond motifs is 5. The number of aliphatic hydroxyl groups excluding tert-OH is 3. The molecule has 0 spiro atoms. The van der Waals surface area contributed by atoms with Gasteiger partial charge in [0.2, 0.25) is 0 Å². The minimum atomic E-state index is -0.612. The molecule has 0 radical (unpaired) electrons. The van der Waals surface area contributed by atoms with Gasteiger partial charge in [-0.05, 0) is 55.3 Å².